The molecule has 154 valence electrons. The molecule has 0 bridgehead atoms. The Hall–Kier alpha value is -3.19. The number of nitrogens with zero attached hydrogens (tertiary/aromatic N) is 4. The lowest BCUT2D eigenvalue weighted by Crippen LogP contribution is -2.18. The first kappa shape index (κ1) is 20.1. The summed E-state index contributed by atoms with van der Waals surface area (Å²) in [5.41, 5.74) is 5.60. The minimum Gasteiger partial charge on any atom is -0.488 e. The molecule has 0 saturated heterocycles. The average Bonchev–Trinajstić information content (AvgIpc) is 3.13. The molecular weight excluding hydrogens is 396 g/mol. The standard InChI is InChI=1S/C23H24N4O2S/c1-15-6-5-7-18(10-15)14-29-21-16(2)11-19(12-17(21)3)13-26(4)23-25-27-20(28)8-9-24-22(27)30-23/h5-12H,13-14H2,1-4H3. The Morgan fingerprint density at radius 1 is 1.07 bits per heavy atom. The van der Waals surface area contributed by atoms with Crippen molar-refractivity contribution in [1.82, 2.24) is 14.6 Å². The Labute approximate surface area is 179 Å². The van der Waals surface area contributed by atoms with Crippen LogP contribution < -0.4 is 15.2 Å². The van der Waals surface area contributed by atoms with Crippen LogP contribution in [0.5, 0.6) is 5.75 Å². The van der Waals surface area contributed by atoms with Crippen molar-refractivity contribution in [3.63, 3.8) is 0 Å². The number of hydrogen-bond acceptors (Lipinski definition) is 6. The van der Waals surface area contributed by atoms with Crippen molar-refractivity contribution < 1.29 is 4.74 Å². The van der Waals surface area contributed by atoms with Crippen LogP contribution in [0.25, 0.3) is 4.96 Å². The zero-order chi connectivity index (χ0) is 21.3. The van der Waals surface area contributed by atoms with Crippen molar-refractivity contribution in [2.24, 2.45) is 0 Å². The molecule has 0 spiro atoms. The highest BCUT2D eigenvalue weighted by Gasteiger charge is 2.13. The van der Waals surface area contributed by atoms with Crippen LogP contribution in [-0.4, -0.2) is 21.6 Å². The van der Waals surface area contributed by atoms with E-state index in [4.69, 9.17) is 4.74 Å². The number of fused-ring (bicyclic) bond motifs is 1. The van der Waals surface area contributed by atoms with E-state index in [1.165, 1.54) is 33.7 Å². The van der Waals surface area contributed by atoms with E-state index in [2.05, 4.69) is 67.3 Å². The maximum absolute atomic E-state index is 11.9. The van der Waals surface area contributed by atoms with Gasteiger partial charge in [-0.2, -0.15) is 4.52 Å². The van der Waals surface area contributed by atoms with Gasteiger partial charge >= 0.3 is 0 Å². The monoisotopic (exact) mass is 420 g/mol. The van der Waals surface area contributed by atoms with Crippen LogP contribution in [0.15, 0.2) is 53.5 Å². The van der Waals surface area contributed by atoms with Gasteiger partial charge in [-0.3, -0.25) is 4.79 Å². The third-order valence-corrected chi connectivity index (χ3v) is 5.93. The summed E-state index contributed by atoms with van der Waals surface area (Å²) in [4.78, 5) is 18.8. The third kappa shape index (κ3) is 4.21. The van der Waals surface area contributed by atoms with Crippen molar-refractivity contribution >= 4 is 21.4 Å². The molecule has 0 saturated carbocycles. The first-order valence-electron chi connectivity index (χ1n) is 9.75. The summed E-state index contributed by atoms with van der Waals surface area (Å²) in [6.07, 6.45) is 1.52. The summed E-state index contributed by atoms with van der Waals surface area (Å²) in [5.74, 6) is 0.929. The van der Waals surface area contributed by atoms with Crippen LogP contribution >= 0.6 is 11.3 Å². The van der Waals surface area contributed by atoms with Gasteiger partial charge in [-0.15, -0.1) is 5.10 Å². The molecule has 0 aliphatic carbocycles. The second-order valence-corrected chi connectivity index (χ2v) is 8.49. The van der Waals surface area contributed by atoms with E-state index >= 15 is 0 Å². The zero-order valence-corrected chi connectivity index (χ0v) is 18.4. The molecule has 0 atom stereocenters. The highest BCUT2D eigenvalue weighted by Crippen LogP contribution is 2.28. The molecule has 0 aliphatic heterocycles. The Kier molecular flexibility index (Phi) is 5.55. The van der Waals surface area contributed by atoms with Crippen LogP contribution in [0.1, 0.15) is 27.8 Å². The summed E-state index contributed by atoms with van der Waals surface area (Å²) >= 11 is 1.40. The van der Waals surface area contributed by atoms with Crippen LogP contribution in [0, 0.1) is 20.8 Å². The minimum absolute atomic E-state index is 0.169. The van der Waals surface area contributed by atoms with Gasteiger partial charge in [0.15, 0.2) is 0 Å². The predicted molar refractivity (Wildman–Crippen MR) is 121 cm³/mol. The summed E-state index contributed by atoms with van der Waals surface area (Å²) < 4.78 is 7.48. The van der Waals surface area contributed by atoms with Crippen molar-refractivity contribution in [1.29, 1.82) is 0 Å². The summed E-state index contributed by atoms with van der Waals surface area (Å²) in [7, 11) is 1.97. The summed E-state index contributed by atoms with van der Waals surface area (Å²) in [5, 5.41) is 5.15. The first-order chi connectivity index (χ1) is 14.4. The fraction of sp³-hybridized carbons (Fsp3) is 0.261. The Balaban J connectivity index is 1.50. The van der Waals surface area contributed by atoms with Gasteiger partial charge in [0.25, 0.3) is 5.56 Å². The van der Waals surface area contributed by atoms with Gasteiger partial charge in [0, 0.05) is 25.9 Å². The minimum atomic E-state index is -0.169. The lowest BCUT2D eigenvalue weighted by Gasteiger charge is -2.18. The van der Waals surface area contributed by atoms with E-state index in [0.717, 1.165) is 33.1 Å². The van der Waals surface area contributed by atoms with E-state index in [0.29, 0.717) is 18.1 Å². The zero-order valence-electron chi connectivity index (χ0n) is 17.5. The Morgan fingerprint density at radius 2 is 1.83 bits per heavy atom. The smallest absolute Gasteiger partial charge is 0.275 e. The maximum atomic E-state index is 11.9. The molecule has 6 nitrogen and oxygen atoms in total. The van der Waals surface area contributed by atoms with Crippen LogP contribution in [0.2, 0.25) is 0 Å². The molecule has 0 radical (unpaired) electrons. The lowest BCUT2D eigenvalue weighted by atomic mass is 10.1. The molecule has 2 aromatic carbocycles. The number of hydrogen-bond donors (Lipinski definition) is 0. The van der Waals surface area contributed by atoms with Gasteiger partial charge in [0.1, 0.15) is 12.4 Å². The highest BCUT2D eigenvalue weighted by molar-refractivity contribution is 7.20. The van der Waals surface area contributed by atoms with E-state index in [1.807, 2.05) is 11.9 Å². The number of benzene rings is 2. The molecular formula is C23H24N4O2S. The SMILES string of the molecule is Cc1cccc(COc2c(C)cc(CN(C)c3nn4c(=O)ccnc4s3)cc2C)c1. The number of ether oxygens (including phenoxy) is 1. The van der Waals surface area contributed by atoms with E-state index in [1.54, 1.807) is 0 Å². The van der Waals surface area contributed by atoms with Gasteiger partial charge in [-0.05, 0) is 43.0 Å². The number of aromatic nitrogens is 3. The number of anilines is 1. The third-order valence-electron chi connectivity index (χ3n) is 4.89. The van der Waals surface area contributed by atoms with Gasteiger partial charge in [-0.1, -0.05) is 53.3 Å². The summed E-state index contributed by atoms with van der Waals surface area (Å²) in [6, 6.07) is 14.1. The molecule has 0 fully saturated rings. The van der Waals surface area contributed by atoms with Crippen LogP contribution in [-0.2, 0) is 13.2 Å². The normalized spacial score (nSPS) is 11.1. The average molecular weight is 421 g/mol. The highest BCUT2D eigenvalue weighted by atomic mass is 32.1. The second kappa shape index (κ2) is 8.28. The Morgan fingerprint density at radius 3 is 2.53 bits per heavy atom. The molecule has 4 aromatic rings. The fourth-order valence-corrected chi connectivity index (χ4v) is 4.38. The van der Waals surface area contributed by atoms with Crippen molar-refractivity contribution in [3.8, 4) is 5.75 Å². The van der Waals surface area contributed by atoms with Crippen molar-refractivity contribution in [2.45, 2.75) is 33.9 Å². The van der Waals surface area contributed by atoms with Gasteiger partial charge < -0.3 is 9.64 Å². The molecule has 0 aliphatic rings. The largest absolute Gasteiger partial charge is 0.488 e. The van der Waals surface area contributed by atoms with Gasteiger partial charge in [0.05, 0.1) is 0 Å². The van der Waals surface area contributed by atoms with Crippen LogP contribution in [0.3, 0.4) is 0 Å². The molecule has 0 unspecified atom stereocenters. The number of rotatable bonds is 6. The molecule has 2 aromatic heterocycles. The fourth-order valence-electron chi connectivity index (χ4n) is 3.55. The lowest BCUT2D eigenvalue weighted by molar-refractivity contribution is 0.302. The predicted octanol–water partition coefficient (Wildman–Crippen LogP) is 4.29. The first-order valence-corrected chi connectivity index (χ1v) is 10.6. The number of aryl methyl sites for hydroxylation is 3. The second-order valence-electron chi connectivity index (χ2n) is 7.55. The van der Waals surface area contributed by atoms with Gasteiger partial charge in [0.2, 0.25) is 10.1 Å². The van der Waals surface area contributed by atoms with E-state index in [9.17, 15) is 4.79 Å². The molecule has 2 heterocycles. The molecule has 0 amide bonds. The van der Waals surface area contributed by atoms with Crippen molar-refractivity contribution in [2.75, 3.05) is 11.9 Å². The van der Waals surface area contributed by atoms with E-state index < -0.39 is 0 Å². The molecule has 7 heteroatoms. The van der Waals surface area contributed by atoms with Gasteiger partial charge in [-0.25, -0.2) is 4.98 Å². The molecule has 30 heavy (non-hydrogen) atoms. The summed E-state index contributed by atoms with van der Waals surface area (Å²) in [6.45, 7) is 7.46. The Bertz CT molecular complexity index is 1240. The quantitative estimate of drug-likeness (QED) is 0.466. The van der Waals surface area contributed by atoms with E-state index in [-0.39, 0.29) is 5.56 Å². The van der Waals surface area contributed by atoms with Crippen LogP contribution in [0.4, 0.5) is 5.13 Å². The molecule has 0 N–H and O–H groups in total. The maximum Gasteiger partial charge on any atom is 0.275 e. The topological polar surface area (TPSA) is 59.7 Å². The van der Waals surface area contributed by atoms with Crippen molar-refractivity contribution in [3.05, 3.63) is 86.8 Å². The molecule has 4 rings (SSSR count).